The van der Waals surface area contributed by atoms with Crippen LogP contribution >= 0.6 is 0 Å². The van der Waals surface area contributed by atoms with Crippen molar-refractivity contribution in [1.82, 2.24) is 5.32 Å². The lowest BCUT2D eigenvalue weighted by atomic mass is 10.1. The molecule has 0 radical (unpaired) electrons. The molecular weight excluding hydrogens is 324 g/mol. The molecule has 0 aliphatic heterocycles. The Labute approximate surface area is 136 Å². The van der Waals surface area contributed by atoms with Gasteiger partial charge < -0.3 is 20.5 Å². The average molecular weight is 339 g/mol. The van der Waals surface area contributed by atoms with Crippen molar-refractivity contribution in [3.63, 3.8) is 0 Å². The number of rotatable bonds is 5. The van der Waals surface area contributed by atoms with Crippen LogP contribution in [-0.2, 0) is 4.79 Å². The van der Waals surface area contributed by atoms with Crippen molar-refractivity contribution in [2.24, 2.45) is 5.92 Å². The first kappa shape index (κ1) is 17.5. The van der Waals surface area contributed by atoms with Crippen molar-refractivity contribution in [3.05, 3.63) is 23.8 Å². The summed E-state index contributed by atoms with van der Waals surface area (Å²) in [5.74, 6) is -1.68. The van der Waals surface area contributed by atoms with E-state index < -0.39 is 24.5 Å². The van der Waals surface area contributed by atoms with E-state index in [1.165, 1.54) is 12.1 Å². The molecule has 0 aromatic heterocycles. The van der Waals surface area contributed by atoms with Crippen molar-refractivity contribution >= 4 is 17.7 Å². The van der Waals surface area contributed by atoms with Gasteiger partial charge in [0.15, 0.2) is 0 Å². The number of hydrogen-bond acceptors (Lipinski definition) is 4. The molecule has 1 aromatic rings. The molecule has 1 fully saturated rings. The van der Waals surface area contributed by atoms with E-state index in [1.54, 1.807) is 0 Å². The van der Waals surface area contributed by atoms with Crippen molar-refractivity contribution in [3.8, 4) is 11.8 Å². The van der Waals surface area contributed by atoms with Crippen LogP contribution in [0.2, 0.25) is 0 Å². The zero-order valence-corrected chi connectivity index (χ0v) is 12.5. The number of alkyl halides is 2. The second kappa shape index (κ2) is 7.59. The second-order valence-electron chi connectivity index (χ2n) is 5.34. The zero-order valence-electron chi connectivity index (χ0n) is 12.5. The number of carboxylic acids is 1. The van der Waals surface area contributed by atoms with Gasteiger partial charge in [-0.1, -0.05) is 0 Å². The number of halogens is 2. The van der Waals surface area contributed by atoms with Gasteiger partial charge in [-0.05, 0) is 37.5 Å². The normalized spacial score (nSPS) is 19.6. The minimum Gasteiger partial charge on any atom is -0.481 e. The predicted molar refractivity (Wildman–Crippen MR) is 78.7 cm³/mol. The number of ether oxygens (including phenoxy) is 1. The molecule has 2 rings (SSSR count). The van der Waals surface area contributed by atoms with Gasteiger partial charge in [-0.2, -0.15) is 14.0 Å². The number of carboxylic acid groups (broad SMARTS) is 1. The Hall–Kier alpha value is -2.89. The van der Waals surface area contributed by atoms with Gasteiger partial charge in [0.1, 0.15) is 5.75 Å². The summed E-state index contributed by atoms with van der Waals surface area (Å²) in [6.45, 7) is -3.08. The fourth-order valence-electron chi connectivity index (χ4n) is 2.58. The molecule has 9 heteroatoms. The first-order chi connectivity index (χ1) is 11.4. The largest absolute Gasteiger partial charge is 0.481 e. The standard InChI is InChI=1S/C15H15F2N3O4/c16-14(17)24-12-4-1-8(7-18)5-11(12)20-15(23)19-10-3-2-9(6-10)13(21)22/h1,4-5,9-10,14H,2-3,6H2,(H,21,22)(H2,19,20,23)/t9-,10+/m1/s1. The molecule has 1 saturated carbocycles. The van der Waals surface area contributed by atoms with Gasteiger partial charge in [-0.15, -0.1) is 0 Å². The zero-order chi connectivity index (χ0) is 17.7. The number of urea groups is 1. The number of anilines is 1. The predicted octanol–water partition coefficient (Wildman–Crippen LogP) is 2.53. The molecule has 0 heterocycles. The molecule has 0 saturated heterocycles. The highest BCUT2D eigenvalue weighted by Gasteiger charge is 2.30. The van der Waals surface area contributed by atoms with Crippen LogP contribution in [-0.4, -0.2) is 29.8 Å². The van der Waals surface area contributed by atoms with E-state index in [0.29, 0.717) is 19.3 Å². The summed E-state index contributed by atoms with van der Waals surface area (Å²) >= 11 is 0. The van der Waals surface area contributed by atoms with Crippen LogP contribution in [0, 0.1) is 17.2 Å². The Balaban J connectivity index is 2.03. The highest BCUT2D eigenvalue weighted by Crippen LogP contribution is 2.28. The fraction of sp³-hybridized carbons (Fsp3) is 0.400. The number of nitrogens with one attached hydrogen (secondary N) is 2. The van der Waals surface area contributed by atoms with Gasteiger partial charge >= 0.3 is 18.6 Å². The summed E-state index contributed by atoms with van der Waals surface area (Å²) in [5.41, 5.74) is 0.0957. The van der Waals surface area contributed by atoms with E-state index in [-0.39, 0.29) is 23.0 Å². The van der Waals surface area contributed by atoms with Crippen LogP contribution in [0.5, 0.6) is 5.75 Å². The van der Waals surface area contributed by atoms with Crippen molar-refractivity contribution in [2.45, 2.75) is 31.9 Å². The molecule has 1 aliphatic rings. The monoisotopic (exact) mass is 339 g/mol. The molecule has 24 heavy (non-hydrogen) atoms. The van der Waals surface area contributed by atoms with Crippen molar-refractivity contribution in [2.75, 3.05) is 5.32 Å². The van der Waals surface area contributed by atoms with Gasteiger partial charge in [0.05, 0.1) is 23.2 Å². The molecular formula is C15H15F2N3O4. The lowest BCUT2D eigenvalue weighted by Gasteiger charge is -2.16. The maximum atomic E-state index is 12.4. The van der Waals surface area contributed by atoms with Crippen LogP contribution in [0.25, 0.3) is 0 Å². The molecule has 3 N–H and O–H groups in total. The molecule has 1 aliphatic carbocycles. The summed E-state index contributed by atoms with van der Waals surface area (Å²) in [6, 6.07) is 4.50. The summed E-state index contributed by atoms with van der Waals surface area (Å²) in [4.78, 5) is 22.9. The van der Waals surface area contributed by atoms with Crippen molar-refractivity contribution < 1.29 is 28.2 Å². The summed E-state index contributed by atoms with van der Waals surface area (Å²) in [6.07, 6.45) is 1.29. The van der Waals surface area contributed by atoms with Crippen LogP contribution in [0.4, 0.5) is 19.3 Å². The Morgan fingerprint density at radius 3 is 2.71 bits per heavy atom. The molecule has 2 amide bonds. The van der Waals surface area contributed by atoms with E-state index >= 15 is 0 Å². The molecule has 0 unspecified atom stereocenters. The summed E-state index contributed by atoms with van der Waals surface area (Å²) in [5, 5.41) is 22.7. The second-order valence-corrected chi connectivity index (χ2v) is 5.34. The van der Waals surface area contributed by atoms with Gasteiger partial charge in [0.25, 0.3) is 0 Å². The molecule has 2 atom stereocenters. The maximum Gasteiger partial charge on any atom is 0.387 e. The van der Waals surface area contributed by atoms with Gasteiger partial charge in [0.2, 0.25) is 0 Å². The third-order valence-corrected chi connectivity index (χ3v) is 3.69. The quantitative estimate of drug-likeness (QED) is 0.763. The molecule has 128 valence electrons. The van der Waals surface area contributed by atoms with Crippen LogP contribution in [0.3, 0.4) is 0 Å². The first-order valence-corrected chi connectivity index (χ1v) is 7.18. The molecule has 0 spiro atoms. The SMILES string of the molecule is N#Cc1ccc(OC(F)F)c(NC(=O)N[C@H]2CC[C@@H](C(=O)O)C2)c1. The summed E-state index contributed by atoms with van der Waals surface area (Å²) in [7, 11) is 0. The van der Waals surface area contributed by atoms with Gasteiger partial charge in [-0.25, -0.2) is 4.79 Å². The third-order valence-electron chi connectivity index (χ3n) is 3.69. The van der Waals surface area contributed by atoms with Crippen LogP contribution < -0.4 is 15.4 Å². The topological polar surface area (TPSA) is 111 Å². The summed E-state index contributed by atoms with van der Waals surface area (Å²) < 4.78 is 29.1. The minimum absolute atomic E-state index is 0.0698. The van der Waals surface area contributed by atoms with E-state index in [1.807, 2.05) is 6.07 Å². The van der Waals surface area contributed by atoms with Crippen LogP contribution in [0.1, 0.15) is 24.8 Å². The Morgan fingerprint density at radius 1 is 1.38 bits per heavy atom. The molecule has 7 nitrogen and oxygen atoms in total. The number of benzene rings is 1. The Kier molecular flexibility index (Phi) is 5.52. The third kappa shape index (κ3) is 4.55. The van der Waals surface area contributed by atoms with Crippen molar-refractivity contribution in [1.29, 1.82) is 5.26 Å². The lowest BCUT2D eigenvalue weighted by Crippen LogP contribution is -2.36. The van der Waals surface area contributed by atoms with Gasteiger partial charge in [-0.3, -0.25) is 4.79 Å². The number of nitrogens with zero attached hydrogens (tertiary/aromatic N) is 1. The highest BCUT2D eigenvalue weighted by molar-refractivity contribution is 5.91. The van der Waals surface area contributed by atoms with E-state index in [9.17, 15) is 18.4 Å². The average Bonchev–Trinajstić information content (AvgIpc) is 2.97. The van der Waals surface area contributed by atoms with Gasteiger partial charge in [0, 0.05) is 6.04 Å². The number of amides is 2. The van der Waals surface area contributed by atoms with E-state index in [4.69, 9.17) is 10.4 Å². The van der Waals surface area contributed by atoms with E-state index in [0.717, 1.165) is 6.07 Å². The number of carbonyl (C=O) groups is 2. The smallest absolute Gasteiger partial charge is 0.387 e. The minimum atomic E-state index is -3.08. The number of aliphatic carboxylic acids is 1. The number of carbonyl (C=O) groups excluding carboxylic acids is 1. The van der Waals surface area contributed by atoms with Crippen LogP contribution in [0.15, 0.2) is 18.2 Å². The Morgan fingerprint density at radius 2 is 2.12 bits per heavy atom. The Bertz CT molecular complexity index is 675. The molecule has 1 aromatic carbocycles. The molecule has 0 bridgehead atoms. The fourth-order valence-corrected chi connectivity index (χ4v) is 2.58. The number of nitriles is 1. The maximum absolute atomic E-state index is 12.4. The van der Waals surface area contributed by atoms with E-state index in [2.05, 4.69) is 15.4 Å². The lowest BCUT2D eigenvalue weighted by molar-refractivity contribution is -0.141. The highest BCUT2D eigenvalue weighted by atomic mass is 19.3. The first-order valence-electron chi connectivity index (χ1n) is 7.18. The number of hydrogen-bond donors (Lipinski definition) is 3.